The monoisotopic (exact) mass is 351 g/mol. The number of benzene rings is 2. The highest BCUT2D eigenvalue weighted by Gasteiger charge is 2.35. The largest absolute Gasteiger partial charge is 0.493 e. The van der Waals surface area contributed by atoms with Crippen LogP contribution in [0.3, 0.4) is 0 Å². The quantitative estimate of drug-likeness (QED) is 0.712. The van der Waals surface area contributed by atoms with Gasteiger partial charge in [0, 0.05) is 18.6 Å². The third-order valence-electron chi connectivity index (χ3n) is 5.59. The second kappa shape index (κ2) is 7.63. The standard InChI is InChI=1S/C23H26FNO/c1-2-26-22-13-7-12-21(24)23(22)18-14-19-10-6-11-20(15-18)25(19)16-17-8-4-3-5-9-17/h3-5,7-9,12-14,19-20H,2,6,10-11,15-16H2,1H3. The molecule has 3 heteroatoms. The zero-order valence-electron chi connectivity index (χ0n) is 15.3. The first-order chi connectivity index (χ1) is 12.8. The van der Waals surface area contributed by atoms with Crippen molar-refractivity contribution in [2.24, 2.45) is 0 Å². The summed E-state index contributed by atoms with van der Waals surface area (Å²) in [7, 11) is 0. The molecular weight excluding hydrogens is 325 g/mol. The van der Waals surface area contributed by atoms with Crippen molar-refractivity contribution in [3.8, 4) is 5.75 Å². The number of ether oxygens (including phenoxy) is 1. The van der Waals surface area contributed by atoms with Gasteiger partial charge in [0.1, 0.15) is 11.6 Å². The summed E-state index contributed by atoms with van der Waals surface area (Å²) in [5, 5.41) is 0. The van der Waals surface area contributed by atoms with Crippen LogP contribution in [0.1, 0.15) is 43.7 Å². The van der Waals surface area contributed by atoms with Crippen LogP contribution >= 0.6 is 0 Å². The van der Waals surface area contributed by atoms with E-state index in [0.717, 1.165) is 25.0 Å². The van der Waals surface area contributed by atoms with Gasteiger partial charge in [-0.1, -0.05) is 48.9 Å². The molecule has 2 unspecified atom stereocenters. The van der Waals surface area contributed by atoms with Gasteiger partial charge in [0.15, 0.2) is 0 Å². The third kappa shape index (κ3) is 3.41. The molecule has 0 N–H and O–H groups in total. The molecule has 26 heavy (non-hydrogen) atoms. The maximum absolute atomic E-state index is 14.6. The molecule has 0 aliphatic carbocycles. The Balaban J connectivity index is 1.65. The van der Waals surface area contributed by atoms with Crippen LogP contribution in [0, 0.1) is 5.82 Å². The number of rotatable bonds is 5. The van der Waals surface area contributed by atoms with Crippen LogP contribution in [0.2, 0.25) is 0 Å². The Labute approximate surface area is 155 Å². The van der Waals surface area contributed by atoms with E-state index in [0.29, 0.717) is 30.0 Å². The molecule has 2 atom stereocenters. The highest BCUT2D eigenvalue weighted by molar-refractivity contribution is 5.73. The van der Waals surface area contributed by atoms with Crippen LogP contribution in [-0.4, -0.2) is 23.6 Å². The Morgan fingerprint density at radius 1 is 1.08 bits per heavy atom. The summed E-state index contributed by atoms with van der Waals surface area (Å²) >= 11 is 0. The average Bonchev–Trinajstić information content (AvgIpc) is 2.63. The molecule has 0 spiro atoms. The van der Waals surface area contributed by atoms with Gasteiger partial charge in [0.25, 0.3) is 0 Å². The Hall–Kier alpha value is -2.13. The van der Waals surface area contributed by atoms with Gasteiger partial charge in [0.05, 0.1) is 12.2 Å². The van der Waals surface area contributed by atoms with Gasteiger partial charge in [-0.2, -0.15) is 0 Å². The molecule has 0 aromatic heterocycles. The van der Waals surface area contributed by atoms with Gasteiger partial charge < -0.3 is 4.74 Å². The topological polar surface area (TPSA) is 12.5 Å². The molecule has 2 aliphatic heterocycles. The second-order valence-corrected chi connectivity index (χ2v) is 7.25. The first kappa shape index (κ1) is 17.3. The van der Waals surface area contributed by atoms with E-state index in [1.165, 1.54) is 18.4 Å². The van der Waals surface area contributed by atoms with Crippen molar-refractivity contribution in [3.63, 3.8) is 0 Å². The number of hydrogen-bond acceptors (Lipinski definition) is 2. The Morgan fingerprint density at radius 3 is 2.69 bits per heavy atom. The number of fused-ring (bicyclic) bond motifs is 2. The van der Waals surface area contributed by atoms with Crippen molar-refractivity contribution < 1.29 is 9.13 Å². The van der Waals surface area contributed by atoms with E-state index in [4.69, 9.17) is 4.74 Å². The number of hydrogen-bond donors (Lipinski definition) is 0. The lowest BCUT2D eigenvalue weighted by Crippen LogP contribution is -2.47. The second-order valence-electron chi connectivity index (χ2n) is 7.25. The molecule has 1 saturated heterocycles. The number of piperidine rings is 1. The Bertz CT molecular complexity index is 786. The van der Waals surface area contributed by atoms with Crippen LogP contribution in [-0.2, 0) is 6.54 Å². The van der Waals surface area contributed by atoms with E-state index in [1.54, 1.807) is 12.1 Å². The van der Waals surface area contributed by atoms with Crippen LogP contribution in [0.5, 0.6) is 5.75 Å². The van der Waals surface area contributed by atoms with Crippen molar-refractivity contribution in [1.29, 1.82) is 0 Å². The van der Waals surface area contributed by atoms with Gasteiger partial charge in [-0.3, -0.25) is 4.90 Å². The van der Waals surface area contributed by atoms with E-state index >= 15 is 0 Å². The van der Waals surface area contributed by atoms with Crippen LogP contribution in [0.4, 0.5) is 4.39 Å². The fraction of sp³-hybridized carbons (Fsp3) is 0.391. The van der Waals surface area contributed by atoms with E-state index in [2.05, 4.69) is 41.3 Å². The third-order valence-corrected chi connectivity index (χ3v) is 5.59. The normalized spacial score (nSPS) is 22.8. The molecule has 2 aliphatic rings. The van der Waals surface area contributed by atoms with E-state index < -0.39 is 0 Å². The lowest BCUT2D eigenvalue weighted by Gasteiger charge is -2.45. The highest BCUT2D eigenvalue weighted by Crippen LogP contribution is 2.41. The van der Waals surface area contributed by atoms with Gasteiger partial charge >= 0.3 is 0 Å². The average molecular weight is 351 g/mol. The van der Waals surface area contributed by atoms with E-state index in [-0.39, 0.29) is 5.82 Å². The van der Waals surface area contributed by atoms with Crippen molar-refractivity contribution in [2.45, 2.75) is 51.2 Å². The fourth-order valence-corrected chi connectivity index (χ4v) is 4.44. The highest BCUT2D eigenvalue weighted by atomic mass is 19.1. The number of halogens is 1. The first-order valence-electron chi connectivity index (χ1n) is 9.68. The Kier molecular flexibility index (Phi) is 5.07. The van der Waals surface area contributed by atoms with Crippen molar-refractivity contribution in [3.05, 3.63) is 71.6 Å². The molecule has 0 amide bonds. The lowest BCUT2D eigenvalue weighted by molar-refractivity contribution is 0.0950. The van der Waals surface area contributed by atoms with Crippen LogP contribution < -0.4 is 4.74 Å². The van der Waals surface area contributed by atoms with Crippen LogP contribution in [0.15, 0.2) is 54.6 Å². The van der Waals surface area contributed by atoms with Crippen molar-refractivity contribution in [2.75, 3.05) is 6.61 Å². The van der Waals surface area contributed by atoms with Crippen molar-refractivity contribution in [1.82, 2.24) is 4.90 Å². The van der Waals surface area contributed by atoms with Gasteiger partial charge in [-0.25, -0.2) is 4.39 Å². The summed E-state index contributed by atoms with van der Waals surface area (Å²) in [4.78, 5) is 2.60. The summed E-state index contributed by atoms with van der Waals surface area (Å²) in [6, 6.07) is 16.7. The van der Waals surface area contributed by atoms with Gasteiger partial charge in [-0.15, -0.1) is 0 Å². The minimum Gasteiger partial charge on any atom is -0.493 e. The van der Waals surface area contributed by atoms with E-state index in [9.17, 15) is 4.39 Å². The van der Waals surface area contributed by atoms with Crippen molar-refractivity contribution >= 4 is 5.57 Å². The van der Waals surface area contributed by atoms with Gasteiger partial charge in [-0.05, 0) is 49.5 Å². The maximum Gasteiger partial charge on any atom is 0.134 e. The predicted molar refractivity (Wildman–Crippen MR) is 104 cm³/mol. The molecular formula is C23H26FNO. The Morgan fingerprint density at radius 2 is 1.92 bits per heavy atom. The molecule has 0 radical (unpaired) electrons. The minimum atomic E-state index is -0.170. The summed E-state index contributed by atoms with van der Waals surface area (Å²) in [5.41, 5.74) is 3.14. The molecule has 2 nitrogen and oxygen atoms in total. The molecule has 2 aromatic carbocycles. The molecule has 0 saturated carbocycles. The van der Waals surface area contributed by atoms with E-state index in [1.807, 2.05) is 13.0 Å². The molecule has 1 fully saturated rings. The maximum atomic E-state index is 14.6. The summed E-state index contributed by atoms with van der Waals surface area (Å²) in [6.07, 6.45) is 6.76. The summed E-state index contributed by atoms with van der Waals surface area (Å²) in [6.45, 7) is 3.46. The zero-order valence-corrected chi connectivity index (χ0v) is 15.3. The molecule has 4 rings (SSSR count). The summed E-state index contributed by atoms with van der Waals surface area (Å²) in [5.74, 6) is 0.505. The zero-order chi connectivity index (χ0) is 17.9. The smallest absolute Gasteiger partial charge is 0.134 e. The SMILES string of the molecule is CCOc1cccc(F)c1C1=CC2CCCC(C1)N2Cc1ccccc1. The molecule has 2 aromatic rings. The molecule has 2 bridgehead atoms. The predicted octanol–water partition coefficient (Wildman–Crippen LogP) is 5.43. The minimum absolute atomic E-state index is 0.170. The summed E-state index contributed by atoms with van der Waals surface area (Å²) < 4.78 is 20.4. The molecule has 2 heterocycles. The number of nitrogens with zero attached hydrogens (tertiary/aromatic N) is 1. The van der Waals surface area contributed by atoms with Gasteiger partial charge in [0.2, 0.25) is 0 Å². The van der Waals surface area contributed by atoms with Crippen LogP contribution in [0.25, 0.3) is 5.57 Å². The molecule has 136 valence electrons. The lowest BCUT2D eigenvalue weighted by atomic mass is 9.82. The fourth-order valence-electron chi connectivity index (χ4n) is 4.44. The first-order valence-corrected chi connectivity index (χ1v) is 9.68.